The molecule has 1 atom stereocenters. The Balaban J connectivity index is 1.19. The van der Waals surface area contributed by atoms with Crippen molar-refractivity contribution in [2.24, 2.45) is 7.05 Å². The zero-order valence-corrected chi connectivity index (χ0v) is 32.1. The molecule has 8 rings (SSSR count). The summed E-state index contributed by atoms with van der Waals surface area (Å²) in [6.07, 6.45) is 0.699. The zero-order valence-electron chi connectivity index (χ0n) is 32.1. The van der Waals surface area contributed by atoms with Gasteiger partial charge in [-0.1, -0.05) is 54.6 Å². The maximum absolute atomic E-state index is 15.3. The lowest BCUT2D eigenvalue weighted by molar-refractivity contribution is 0.0193. The van der Waals surface area contributed by atoms with Crippen LogP contribution in [0.2, 0.25) is 0 Å². The predicted molar refractivity (Wildman–Crippen MR) is 214 cm³/mol. The van der Waals surface area contributed by atoms with Crippen molar-refractivity contribution in [1.29, 1.82) is 0 Å². The summed E-state index contributed by atoms with van der Waals surface area (Å²) in [4.78, 5) is 50.4. The molecule has 3 amide bonds. The molecular weight excluding hydrogens is 707 g/mol. The average Bonchev–Trinajstić information content (AvgIpc) is 3.53. The topological polar surface area (TPSA) is 108 Å². The number of amides is 3. The molecular formula is C45H47N5O6. The van der Waals surface area contributed by atoms with Gasteiger partial charge in [0.2, 0.25) is 0 Å². The highest BCUT2D eigenvalue weighted by Crippen LogP contribution is 2.36. The number of phenolic OH excluding ortho intramolecular Hbond substituents is 1. The van der Waals surface area contributed by atoms with E-state index in [0.29, 0.717) is 43.9 Å². The van der Waals surface area contributed by atoms with Gasteiger partial charge in [0.1, 0.15) is 0 Å². The third kappa shape index (κ3) is 7.27. The van der Waals surface area contributed by atoms with Crippen LogP contribution in [0.25, 0.3) is 11.3 Å². The van der Waals surface area contributed by atoms with E-state index in [1.54, 1.807) is 35.0 Å². The van der Waals surface area contributed by atoms with E-state index in [-0.39, 0.29) is 35.9 Å². The minimum atomic E-state index is -0.573. The van der Waals surface area contributed by atoms with Crippen LogP contribution in [0.1, 0.15) is 48.7 Å². The van der Waals surface area contributed by atoms with Crippen LogP contribution in [0.3, 0.4) is 0 Å². The molecule has 0 bridgehead atoms. The molecule has 4 aromatic carbocycles. The molecule has 0 unspecified atom stereocenters. The predicted octanol–water partition coefficient (Wildman–Crippen LogP) is 6.44. The highest BCUT2D eigenvalue weighted by molar-refractivity contribution is 6.08. The van der Waals surface area contributed by atoms with Crippen molar-refractivity contribution < 1.29 is 29.0 Å². The lowest BCUT2D eigenvalue weighted by atomic mass is 9.89. The van der Waals surface area contributed by atoms with Crippen molar-refractivity contribution in [2.45, 2.75) is 38.9 Å². The van der Waals surface area contributed by atoms with Gasteiger partial charge in [-0.2, -0.15) is 0 Å². The van der Waals surface area contributed by atoms with Gasteiger partial charge in [-0.05, 0) is 84.5 Å². The van der Waals surface area contributed by atoms with E-state index in [2.05, 4.69) is 29.2 Å². The number of ether oxygens (including phenoxy) is 2. The number of carbonyl (C=O) groups excluding carboxylic acids is 3. The van der Waals surface area contributed by atoms with E-state index in [0.717, 1.165) is 65.4 Å². The maximum Gasteiger partial charge on any atom is 0.415 e. The third-order valence-electron chi connectivity index (χ3n) is 11.6. The number of aromatic hydroxyl groups is 1. The van der Waals surface area contributed by atoms with E-state index in [1.807, 2.05) is 72.0 Å². The lowest BCUT2D eigenvalue weighted by Crippen LogP contribution is -2.52. The van der Waals surface area contributed by atoms with Crippen LogP contribution in [-0.4, -0.2) is 94.8 Å². The van der Waals surface area contributed by atoms with Crippen LogP contribution in [0, 0.1) is 6.92 Å². The number of carbonyl (C=O) groups is 3. The molecule has 1 aromatic heterocycles. The van der Waals surface area contributed by atoms with Crippen LogP contribution in [0.15, 0.2) is 97.1 Å². The zero-order chi connectivity index (χ0) is 38.9. The Hall–Kier alpha value is -5.91. The Kier molecular flexibility index (Phi) is 10.4. The van der Waals surface area contributed by atoms with Gasteiger partial charge < -0.3 is 33.8 Å². The SMILES string of the molecule is Cc1c(C(=O)N(C)c2ccccc2)cc(-c2cc3c(cc2C(=O)N2Cc4ccccc4C[C@H]2CN2CCOCC2)CN(C(=O)Oc2ccccc2O)CC3)n1C. The van der Waals surface area contributed by atoms with Crippen LogP contribution < -0.4 is 9.64 Å². The minimum Gasteiger partial charge on any atom is -0.504 e. The molecule has 4 heterocycles. The standard InChI is InChI=1S/C45H47N5O6/c1-30-37(43(52)47(3)35-13-5-4-6-14-35)26-40(46(30)2)38-24-32-17-18-49(45(54)56-42-16-10-9-15-41(42)51)27-34(32)25-39(38)44(53)50-28-33-12-8-7-11-31(33)23-36(50)29-48-19-21-55-22-20-48/h4-16,24-26,36,51H,17-23,27-29H2,1-3H3/t36-/m0/s1. The number of rotatable bonds is 7. The summed E-state index contributed by atoms with van der Waals surface area (Å²) in [7, 11) is 3.71. The van der Waals surface area contributed by atoms with Gasteiger partial charge in [0.15, 0.2) is 11.5 Å². The number of anilines is 1. The van der Waals surface area contributed by atoms with Gasteiger partial charge in [0.05, 0.1) is 18.8 Å². The molecule has 0 saturated carbocycles. The van der Waals surface area contributed by atoms with Crippen LogP contribution in [0.4, 0.5) is 10.5 Å². The minimum absolute atomic E-state index is 0.0729. The van der Waals surface area contributed by atoms with Crippen molar-refractivity contribution in [3.8, 4) is 22.8 Å². The van der Waals surface area contributed by atoms with Crippen molar-refractivity contribution >= 4 is 23.6 Å². The molecule has 3 aliphatic rings. The molecule has 0 radical (unpaired) electrons. The van der Waals surface area contributed by atoms with Crippen molar-refractivity contribution in [3.63, 3.8) is 0 Å². The molecule has 3 aliphatic heterocycles. The van der Waals surface area contributed by atoms with Crippen molar-refractivity contribution in [2.75, 3.05) is 51.3 Å². The van der Waals surface area contributed by atoms with Gasteiger partial charge in [0, 0.05) is 87.6 Å². The van der Waals surface area contributed by atoms with Gasteiger partial charge in [-0.3, -0.25) is 14.5 Å². The molecule has 1 fully saturated rings. The largest absolute Gasteiger partial charge is 0.504 e. The number of morpholine rings is 1. The highest BCUT2D eigenvalue weighted by atomic mass is 16.6. The first-order valence-corrected chi connectivity index (χ1v) is 19.2. The monoisotopic (exact) mass is 753 g/mol. The molecule has 288 valence electrons. The van der Waals surface area contributed by atoms with Gasteiger partial charge >= 0.3 is 6.09 Å². The summed E-state index contributed by atoms with van der Waals surface area (Å²) in [6, 6.07) is 30.1. The fraction of sp³-hybridized carbons (Fsp3) is 0.311. The molecule has 0 spiro atoms. The fourth-order valence-electron chi connectivity index (χ4n) is 8.20. The first kappa shape index (κ1) is 37.0. The average molecular weight is 754 g/mol. The summed E-state index contributed by atoms with van der Waals surface area (Å²) < 4.78 is 13.2. The number of hydrogen-bond donors (Lipinski definition) is 1. The summed E-state index contributed by atoms with van der Waals surface area (Å²) in [5.41, 5.74) is 8.41. The van der Waals surface area contributed by atoms with Gasteiger partial charge in [0.25, 0.3) is 11.8 Å². The van der Waals surface area contributed by atoms with E-state index < -0.39 is 6.09 Å². The quantitative estimate of drug-likeness (QED) is 0.204. The number of hydrogen-bond acceptors (Lipinski definition) is 7. The Morgan fingerprint density at radius 3 is 2.30 bits per heavy atom. The Morgan fingerprint density at radius 2 is 1.54 bits per heavy atom. The highest BCUT2D eigenvalue weighted by Gasteiger charge is 2.35. The van der Waals surface area contributed by atoms with Crippen molar-refractivity contribution in [1.82, 2.24) is 19.3 Å². The molecule has 11 nitrogen and oxygen atoms in total. The molecule has 1 saturated heterocycles. The number of aromatic nitrogens is 1. The van der Waals surface area contributed by atoms with E-state index in [1.165, 1.54) is 11.6 Å². The smallest absolute Gasteiger partial charge is 0.415 e. The van der Waals surface area contributed by atoms with Crippen LogP contribution in [0.5, 0.6) is 11.5 Å². The Labute approximate surface area is 327 Å². The number of benzene rings is 4. The number of para-hydroxylation sites is 3. The molecule has 1 N–H and O–H groups in total. The first-order chi connectivity index (χ1) is 27.2. The number of phenols is 1. The third-order valence-corrected chi connectivity index (χ3v) is 11.6. The molecule has 5 aromatic rings. The Bertz CT molecular complexity index is 2280. The normalized spacial score (nSPS) is 16.9. The van der Waals surface area contributed by atoms with Crippen LogP contribution in [-0.2, 0) is 37.7 Å². The number of fused-ring (bicyclic) bond motifs is 2. The summed E-state index contributed by atoms with van der Waals surface area (Å²) in [6.45, 7) is 6.73. The van der Waals surface area contributed by atoms with Gasteiger partial charge in [-0.25, -0.2) is 4.79 Å². The summed E-state index contributed by atoms with van der Waals surface area (Å²) in [5, 5.41) is 10.3. The maximum atomic E-state index is 15.3. The molecule has 11 heteroatoms. The van der Waals surface area contributed by atoms with Crippen LogP contribution >= 0.6 is 0 Å². The van der Waals surface area contributed by atoms with E-state index >= 15 is 4.79 Å². The summed E-state index contributed by atoms with van der Waals surface area (Å²) in [5.74, 6) is -0.263. The fourth-order valence-corrected chi connectivity index (χ4v) is 8.20. The van der Waals surface area contributed by atoms with Crippen molar-refractivity contribution in [3.05, 3.63) is 136 Å². The van der Waals surface area contributed by atoms with E-state index in [9.17, 15) is 14.7 Å². The molecule has 56 heavy (non-hydrogen) atoms. The summed E-state index contributed by atoms with van der Waals surface area (Å²) >= 11 is 0. The van der Waals surface area contributed by atoms with Gasteiger partial charge in [-0.15, -0.1) is 0 Å². The Morgan fingerprint density at radius 1 is 0.821 bits per heavy atom. The second kappa shape index (κ2) is 15.7. The van der Waals surface area contributed by atoms with E-state index in [4.69, 9.17) is 9.47 Å². The second-order valence-electron chi connectivity index (χ2n) is 14.9. The first-order valence-electron chi connectivity index (χ1n) is 19.2. The number of nitrogens with zero attached hydrogens (tertiary/aromatic N) is 5. The molecule has 0 aliphatic carbocycles. The lowest BCUT2D eigenvalue weighted by Gasteiger charge is -2.41. The second-order valence-corrected chi connectivity index (χ2v) is 14.9.